The molecule has 2 aliphatic carbocycles. The zero-order valence-corrected chi connectivity index (χ0v) is 11.0. The summed E-state index contributed by atoms with van der Waals surface area (Å²) in [6.07, 6.45) is 12.6. The Bertz CT molecular complexity index is 250. The summed E-state index contributed by atoms with van der Waals surface area (Å²) in [5.74, 6) is 6.77. The van der Waals surface area contributed by atoms with Crippen LogP contribution in [0.15, 0.2) is 0 Å². The van der Waals surface area contributed by atoms with Crippen LogP contribution in [0, 0.1) is 5.92 Å². The van der Waals surface area contributed by atoms with Crippen LogP contribution in [-0.4, -0.2) is 29.6 Å². The molecule has 2 saturated carbocycles. The van der Waals surface area contributed by atoms with Gasteiger partial charge in [-0.15, -0.1) is 0 Å². The summed E-state index contributed by atoms with van der Waals surface area (Å²) >= 11 is 0. The highest BCUT2D eigenvalue weighted by atomic mass is 15.3. The third-order valence-corrected chi connectivity index (χ3v) is 5.31. The molecule has 17 heavy (non-hydrogen) atoms. The fraction of sp³-hybridized carbons (Fsp3) is 1.00. The molecule has 1 saturated heterocycles. The molecule has 1 aliphatic heterocycles. The number of nitrogens with zero attached hydrogens (tertiary/aromatic N) is 1. The summed E-state index contributed by atoms with van der Waals surface area (Å²) in [6, 6.07) is 0.558. The minimum Gasteiger partial charge on any atom is -0.296 e. The Kier molecular flexibility index (Phi) is 3.42. The maximum Gasteiger partial charge on any atom is 0.0422 e. The van der Waals surface area contributed by atoms with Crippen molar-refractivity contribution < 1.29 is 0 Å². The second-order valence-electron chi connectivity index (χ2n) is 6.34. The lowest BCUT2D eigenvalue weighted by atomic mass is 9.82. The zero-order chi connectivity index (χ0) is 11.7. The SMILES string of the molecule is NNC(C1CC1)C1(N2CCCCC2)CCCC1. The van der Waals surface area contributed by atoms with Crippen LogP contribution < -0.4 is 11.3 Å². The Labute approximate surface area is 105 Å². The maximum atomic E-state index is 5.91. The highest BCUT2D eigenvalue weighted by Gasteiger charge is 2.50. The lowest BCUT2D eigenvalue weighted by Crippen LogP contribution is -2.63. The summed E-state index contributed by atoms with van der Waals surface area (Å²) in [6.45, 7) is 2.62. The van der Waals surface area contributed by atoms with Crippen molar-refractivity contribution in [3.8, 4) is 0 Å². The second kappa shape index (κ2) is 4.87. The summed E-state index contributed by atoms with van der Waals surface area (Å²) in [7, 11) is 0. The largest absolute Gasteiger partial charge is 0.296 e. The van der Waals surface area contributed by atoms with E-state index >= 15 is 0 Å². The summed E-state index contributed by atoms with van der Waals surface area (Å²) in [5, 5.41) is 0. The molecule has 0 bridgehead atoms. The van der Waals surface area contributed by atoms with Gasteiger partial charge in [-0.3, -0.25) is 16.2 Å². The van der Waals surface area contributed by atoms with E-state index in [0.717, 1.165) is 5.92 Å². The van der Waals surface area contributed by atoms with E-state index in [4.69, 9.17) is 5.84 Å². The van der Waals surface area contributed by atoms with E-state index in [-0.39, 0.29) is 0 Å². The van der Waals surface area contributed by atoms with Crippen molar-refractivity contribution in [2.75, 3.05) is 13.1 Å². The van der Waals surface area contributed by atoms with E-state index in [1.165, 1.54) is 70.9 Å². The van der Waals surface area contributed by atoms with Gasteiger partial charge in [0.15, 0.2) is 0 Å². The Morgan fingerprint density at radius 2 is 1.65 bits per heavy atom. The molecule has 3 nitrogen and oxygen atoms in total. The number of hydrazine groups is 1. The Hall–Kier alpha value is -0.120. The molecule has 1 unspecified atom stereocenters. The van der Waals surface area contributed by atoms with Gasteiger partial charge in [-0.2, -0.15) is 0 Å². The molecule has 0 amide bonds. The number of piperidine rings is 1. The topological polar surface area (TPSA) is 41.3 Å². The molecule has 3 heteroatoms. The van der Waals surface area contributed by atoms with Gasteiger partial charge in [-0.05, 0) is 57.5 Å². The molecule has 3 N–H and O–H groups in total. The Morgan fingerprint density at radius 1 is 1.00 bits per heavy atom. The highest BCUT2D eigenvalue weighted by Crippen LogP contribution is 2.47. The molecule has 0 radical (unpaired) electrons. The predicted octanol–water partition coefficient (Wildman–Crippen LogP) is 2.03. The summed E-state index contributed by atoms with van der Waals surface area (Å²) in [5.41, 5.74) is 3.62. The molecule has 0 spiro atoms. The predicted molar refractivity (Wildman–Crippen MR) is 70.5 cm³/mol. The number of likely N-dealkylation sites (tertiary alicyclic amines) is 1. The molecular formula is C14H27N3. The van der Waals surface area contributed by atoms with E-state index in [1.54, 1.807) is 0 Å². The first-order chi connectivity index (χ1) is 8.37. The maximum absolute atomic E-state index is 5.91. The third kappa shape index (κ3) is 2.13. The first-order valence-corrected chi connectivity index (χ1v) is 7.58. The highest BCUT2D eigenvalue weighted by molar-refractivity contribution is 5.08. The lowest BCUT2D eigenvalue weighted by Gasteiger charge is -2.48. The van der Waals surface area contributed by atoms with Gasteiger partial charge in [0.1, 0.15) is 0 Å². The average Bonchev–Trinajstić information content (AvgIpc) is 3.08. The van der Waals surface area contributed by atoms with E-state index in [0.29, 0.717) is 11.6 Å². The molecule has 3 aliphatic rings. The van der Waals surface area contributed by atoms with Gasteiger partial charge in [0, 0.05) is 11.6 Å². The normalized spacial score (nSPS) is 31.6. The fourth-order valence-electron chi connectivity index (χ4n) is 4.31. The fourth-order valence-corrected chi connectivity index (χ4v) is 4.31. The van der Waals surface area contributed by atoms with Gasteiger partial charge in [-0.25, -0.2) is 0 Å². The second-order valence-corrected chi connectivity index (χ2v) is 6.34. The van der Waals surface area contributed by atoms with Crippen molar-refractivity contribution in [1.29, 1.82) is 0 Å². The molecule has 0 aromatic rings. The van der Waals surface area contributed by atoms with Crippen LogP contribution in [0.4, 0.5) is 0 Å². The van der Waals surface area contributed by atoms with Crippen LogP contribution in [0.5, 0.6) is 0 Å². The molecular weight excluding hydrogens is 210 g/mol. The number of nitrogens with one attached hydrogen (secondary N) is 1. The van der Waals surface area contributed by atoms with E-state index in [2.05, 4.69) is 10.3 Å². The van der Waals surface area contributed by atoms with Gasteiger partial charge in [0.2, 0.25) is 0 Å². The first kappa shape index (κ1) is 11.9. The van der Waals surface area contributed by atoms with Crippen molar-refractivity contribution in [3.63, 3.8) is 0 Å². The molecule has 1 heterocycles. The van der Waals surface area contributed by atoms with Crippen molar-refractivity contribution in [3.05, 3.63) is 0 Å². The van der Waals surface area contributed by atoms with Gasteiger partial charge >= 0.3 is 0 Å². The van der Waals surface area contributed by atoms with Crippen LogP contribution in [0.1, 0.15) is 57.8 Å². The number of nitrogens with two attached hydrogens (primary N) is 1. The first-order valence-electron chi connectivity index (χ1n) is 7.58. The molecule has 0 aromatic carbocycles. The molecule has 98 valence electrons. The number of hydrogen-bond donors (Lipinski definition) is 2. The lowest BCUT2D eigenvalue weighted by molar-refractivity contribution is 0.0296. The van der Waals surface area contributed by atoms with Crippen molar-refractivity contribution in [1.82, 2.24) is 10.3 Å². The standard InChI is InChI=1S/C14H27N3/c15-16-13(12-6-7-12)14(8-2-3-9-14)17-10-4-1-5-11-17/h12-13,16H,1-11,15H2. The molecule has 3 fully saturated rings. The van der Waals surface area contributed by atoms with E-state index in [9.17, 15) is 0 Å². The van der Waals surface area contributed by atoms with Gasteiger partial charge in [0.05, 0.1) is 0 Å². The Balaban J connectivity index is 1.80. The Morgan fingerprint density at radius 3 is 2.18 bits per heavy atom. The van der Waals surface area contributed by atoms with Gasteiger partial charge in [0.25, 0.3) is 0 Å². The number of rotatable bonds is 4. The number of hydrogen-bond acceptors (Lipinski definition) is 3. The van der Waals surface area contributed by atoms with Crippen molar-refractivity contribution in [2.24, 2.45) is 11.8 Å². The van der Waals surface area contributed by atoms with Gasteiger partial charge < -0.3 is 0 Å². The van der Waals surface area contributed by atoms with E-state index < -0.39 is 0 Å². The van der Waals surface area contributed by atoms with Gasteiger partial charge in [-0.1, -0.05) is 19.3 Å². The third-order valence-electron chi connectivity index (χ3n) is 5.31. The monoisotopic (exact) mass is 237 g/mol. The summed E-state index contributed by atoms with van der Waals surface area (Å²) in [4.78, 5) is 2.80. The van der Waals surface area contributed by atoms with Crippen LogP contribution in [0.2, 0.25) is 0 Å². The van der Waals surface area contributed by atoms with Crippen molar-refractivity contribution in [2.45, 2.75) is 69.4 Å². The smallest absolute Gasteiger partial charge is 0.0422 e. The average molecular weight is 237 g/mol. The molecule has 1 atom stereocenters. The van der Waals surface area contributed by atoms with E-state index in [1.807, 2.05) is 0 Å². The summed E-state index contributed by atoms with van der Waals surface area (Å²) < 4.78 is 0. The molecule has 3 rings (SSSR count). The van der Waals surface area contributed by atoms with Crippen LogP contribution in [0.25, 0.3) is 0 Å². The van der Waals surface area contributed by atoms with Crippen LogP contribution in [-0.2, 0) is 0 Å². The molecule has 0 aromatic heterocycles. The van der Waals surface area contributed by atoms with Crippen LogP contribution >= 0.6 is 0 Å². The van der Waals surface area contributed by atoms with Crippen LogP contribution in [0.3, 0.4) is 0 Å². The minimum absolute atomic E-state index is 0.413. The quantitative estimate of drug-likeness (QED) is 0.580. The van der Waals surface area contributed by atoms with Crippen molar-refractivity contribution >= 4 is 0 Å². The minimum atomic E-state index is 0.413. The zero-order valence-electron chi connectivity index (χ0n) is 11.0.